The van der Waals surface area contributed by atoms with Gasteiger partial charge in [-0.1, -0.05) is 12.1 Å². The van der Waals surface area contributed by atoms with E-state index in [0.29, 0.717) is 6.54 Å². The summed E-state index contributed by atoms with van der Waals surface area (Å²) in [6.45, 7) is 6.06. The van der Waals surface area contributed by atoms with E-state index < -0.39 is 10.5 Å². The molecule has 0 bridgehead atoms. The molecule has 1 amide bonds. The lowest BCUT2D eigenvalue weighted by Gasteiger charge is -2.24. The molecule has 0 radical (unpaired) electrons. The van der Waals surface area contributed by atoms with Gasteiger partial charge in [-0.25, -0.2) is 4.79 Å². The smallest absolute Gasteiger partial charge is 0.410 e. The predicted molar refractivity (Wildman–Crippen MR) is 80.3 cm³/mol. The van der Waals surface area contributed by atoms with E-state index in [1.165, 1.54) is 17.0 Å². The van der Waals surface area contributed by atoms with Crippen molar-refractivity contribution < 1.29 is 14.5 Å². The Bertz CT molecular complexity index is 491. The summed E-state index contributed by atoms with van der Waals surface area (Å²) < 4.78 is 5.26. The topological polar surface area (TPSA) is 72.7 Å². The van der Waals surface area contributed by atoms with Gasteiger partial charge in [0.05, 0.1) is 4.92 Å². The van der Waals surface area contributed by atoms with E-state index in [4.69, 9.17) is 4.74 Å². The lowest BCUT2D eigenvalue weighted by Crippen LogP contribution is -2.34. The number of carbonyl (C=O) groups is 1. The maximum atomic E-state index is 11.7. The molecule has 6 heteroatoms. The summed E-state index contributed by atoms with van der Waals surface area (Å²) in [5, 5.41) is 10.6. The number of carbonyl (C=O) groups excluding carboxylic acids is 1. The number of amides is 1. The first-order valence-corrected chi connectivity index (χ1v) is 6.86. The minimum atomic E-state index is -0.496. The third-order valence-electron chi connectivity index (χ3n) is 2.81. The summed E-state index contributed by atoms with van der Waals surface area (Å²) in [5.41, 5.74) is 0.604. The maximum Gasteiger partial charge on any atom is 0.410 e. The Labute approximate surface area is 124 Å². The van der Waals surface area contributed by atoms with Crippen LogP contribution in [0.15, 0.2) is 24.3 Å². The van der Waals surface area contributed by atoms with Gasteiger partial charge in [-0.2, -0.15) is 0 Å². The molecule has 1 aromatic rings. The van der Waals surface area contributed by atoms with Gasteiger partial charge in [0, 0.05) is 25.7 Å². The van der Waals surface area contributed by atoms with Gasteiger partial charge in [0.2, 0.25) is 0 Å². The molecular formula is C15H22N2O4. The molecule has 6 nitrogen and oxygen atoms in total. The molecule has 0 fully saturated rings. The first-order chi connectivity index (χ1) is 9.69. The Morgan fingerprint density at radius 1 is 1.29 bits per heavy atom. The van der Waals surface area contributed by atoms with Crippen LogP contribution in [0.4, 0.5) is 10.5 Å². The van der Waals surface area contributed by atoms with Crippen LogP contribution < -0.4 is 0 Å². The van der Waals surface area contributed by atoms with Crippen LogP contribution in [0, 0.1) is 10.1 Å². The molecule has 1 rings (SSSR count). The SMILES string of the molecule is CN(CCCc1ccc([N+](=O)[O-])cc1)C(=O)OC(C)(C)C. The van der Waals surface area contributed by atoms with E-state index in [1.807, 2.05) is 20.8 Å². The number of rotatable bonds is 5. The normalized spacial score (nSPS) is 11.0. The largest absolute Gasteiger partial charge is 0.444 e. The minimum Gasteiger partial charge on any atom is -0.444 e. The van der Waals surface area contributed by atoms with Gasteiger partial charge in [-0.15, -0.1) is 0 Å². The number of nitro groups is 1. The van der Waals surface area contributed by atoms with Crippen molar-refractivity contribution in [2.75, 3.05) is 13.6 Å². The highest BCUT2D eigenvalue weighted by Crippen LogP contribution is 2.14. The first kappa shape index (κ1) is 16.9. The Hall–Kier alpha value is -2.11. The van der Waals surface area contributed by atoms with Gasteiger partial charge in [0.25, 0.3) is 5.69 Å². The second-order valence-electron chi connectivity index (χ2n) is 5.93. The predicted octanol–water partition coefficient (Wildman–Crippen LogP) is 3.39. The summed E-state index contributed by atoms with van der Waals surface area (Å²) in [5.74, 6) is 0. The molecule has 0 aromatic heterocycles. The van der Waals surface area contributed by atoms with Crippen LogP contribution in [-0.2, 0) is 11.2 Å². The molecule has 0 atom stereocenters. The highest BCUT2D eigenvalue weighted by atomic mass is 16.6. The van der Waals surface area contributed by atoms with Crippen LogP contribution in [0.5, 0.6) is 0 Å². The second-order valence-corrected chi connectivity index (χ2v) is 5.93. The zero-order valence-electron chi connectivity index (χ0n) is 13.0. The number of aryl methyl sites for hydroxylation is 1. The van der Waals surface area contributed by atoms with E-state index in [2.05, 4.69) is 0 Å². The van der Waals surface area contributed by atoms with Crippen molar-refractivity contribution in [1.82, 2.24) is 4.90 Å². The third-order valence-corrected chi connectivity index (χ3v) is 2.81. The molecule has 0 aliphatic heterocycles. The monoisotopic (exact) mass is 294 g/mol. The lowest BCUT2D eigenvalue weighted by molar-refractivity contribution is -0.384. The molecule has 0 saturated carbocycles. The van der Waals surface area contributed by atoms with Gasteiger partial charge in [0.15, 0.2) is 0 Å². The first-order valence-electron chi connectivity index (χ1n) is 6.86. The molecule has 0 aliphatic carbocycles. The molecule has 0 heterocycles. The minimum absolute atomic E-state index is 0.0876. The van der Waals surface area contributed by atoms with E-state index in [9.17, 15) is 14.9 Å². The van der Waals surface area contributed by atoms with Crippen molar-refractivity contribution in [2.24, 2.45) is 0 Å². The lowest BCUT2D eigenvalue weighted by atomic mass is 10.1. The second kappa shape index (κ2) is 7.06. The summed E-state index contributed by atoms with van der Waals surface area (Å²) in [6.07, 6.45) is 1.18. The number of nitrogens with zero attached hydrogens (tertiary/aromatic N) is 2. The maximum absolute atomic E-state index is 11.7. The molecule has 0 unspecified atom stereocenters. The van der Waals surface area contributed by atoms with Crippen LogP contribution in [0.2, 0.25) is 0 Å². The molecule has 1 aromatic carbocycles. The average Bonchev–Trinajstić information content (AvgIpc) is 2.37. The number of ether oxygens (including phenoxy) is 1. The molecule has 0 spiro atoms. The highest BCUT2D eigenvalue weighted by Gasteiger charge is 2.19. The Morgan fingerprint density at radius 2 is 1.86 bits per heavy atom. The van der Waals surface area contributed by atoms with Crippen LogP contribution in [0.25, 0.3) is 0 Å². The zero-order valence-corrected chi connectivity index (χ0v) is 13.0. The summed E-state index contributed by atoms with van der Waals surface area (Å²) in [7, 11) is 1.70. The molecule has 0 N–H and O–H groups in total. The van der Waals surface area contributed by atoms with Crippen molar-refractivity contribution in [3.8, 4) is 0 Å². The van der Waals surface area contributed by atoms with Crippen LogP contribution in [0.3, 0.4) is 0 Å². The third kappa shape index (κ3) is 6.25. The molecule has 21 heavy (non-hydrogen) atoms. The fourth-order valence-electron chi connectivity index (χ4n) is 1.74. The highest BCUT2D eigenvalue weighted by molar-refractivity contribution is 5.67. The Kier molecular flexibility index (Phi) is 5.69. The van der Waals surface area contributed by atoms with Crippen molar-refractivity contribution in [3.05, 3.63) is 39.9 Å². The van der Waals surface area contributed by atoms with Crippen LogP contribution >= 0.6 is 0 Å². The van der Waals surface area contributed by atoms with Crippen LogP contribution in [0.1, 0.15) is 32.8 Å². The summed E-state index contributed by atoms with van der Waals surface area (Å²) >= 11 is 0. The number of non-ortho nitro benzene ring substituents is 1. The van der Waals surface area contributed by atoms with Crippen molar-refractivity contribution >= 4 is 11.8 Å². The number of benzene rings is 1. The quantitative estimate of drug-likeness (QED) is 0.616. The molecule has 0 aliphatic rings. The van der Waals surface area contributed by atoms with Crippen LogP contribution in [-0.4, -0.2) is 35.1 Å². The average molecular weight is 294 g/mol. The molecular weight excluding hydrogens is 272 g/mol. The number of hydrogen-bond donors (Lipinski definition) is 0. The van der Waals surface area contributed by atoms with E-state index in [1.54, 1.807) is 19.2 Å². The number of hydrogen-bond acceptors (Lipinski definition) is 4. The van der Waals surface area contributed by atoms with E-state index in [0.717, 1.165) is 18.4 Å². The van der Waals surface area contributed by atoms with Crippen molar-refractivity contribution in [3.63, 3.8) is 0 Å². The summed E-state index contributed by atoms with van der Waals surface area (Å²) in [6, 6.07) is 6.47. The summed E-state index contributed by atoms with van der Waals surface area (Å²) in [4.78, 5) is 23.4. The fraction of sp³-hybridized carbons (Fsp3) is 0.533. The molecule has 0 saturated heterocycles. The zero-order chi connectivity index (χ0) is 16.0. The van der Waals surface area contributed by atoms with Crippen molar-refractivity contribution in [1.29, 1.82) is 0 Å². The van der Waals surface area contributed by atoms with Gasteiger partial charge in [-0.3, -0.25) is 10.1 Å². The van der Waals surface area contributed by atoms with Gasteiger partial charge in [0.1, 0.15) is 5.60 Å². The number of nitro benzene ring substituents is 1. The fourth-order valence-corrected chi connectivity index (χ4v) is 1.74. The van der Waals surface area contributed by atoms with Crippen molar-refractivity contribution in [2.45, 2.75) is 39.2 Å². The molecule has 116 valence electrons. The van der Waals surface area contributed by atoms with Gasteiger partial charge >= 0.3 is 6.09 Å². The van der Waals surface area contributed by atoms with E-state index in [-0.39, 0.29) is 11.8 Å². The van der Waals surface area contributed by atoms with Gasteiger partial charge in [-0.05, 0) is 39.2 Å². The standard InChI is InChI=1S/C15H22N2O4/c1-15(2,3)21-14(18)16(4)11-5-6-12-7-9-13(10-8-12)17(19)20/h7-10H,5-6,11H2,1-4H3. The Morgan fingerprint density at radius 3 is 2.33 bits per heavy atom. The Balaban J connectivity index is 2.39. The van der Waals surface area contributed by atoms with E-state index >= 15 is 0 Å². The van der Waals surface area contributed by atoms with Gasteiger partial charge < -0.3 is 9.64 Å².